The predicted octanol–water partition coefficient (Wildman–Crippen LogP) is 1.85. The van der Waals surface area contributed by atoms with Crippen molar-refractivity contribution in [3.8, 4) is 5.88 Å². The van der Waals surface area contributed by atoms with Crippen molar-refractivity contribution in [2.75, 3.05) is 18.2 Å². The van der Waals surface area contributed by atoms with E-state index in [1.54, 1.807) is 6.07 Å². The van der Waals surface area contributed by atoms with Crippen LogP contribution < -0.4 is 15.8 Å². The lowest BCUT2D eigenvalue weighted by Crippen LogP contribution is -2.11. The summed E-state index contributed by atoms with van der Waals surface area (Å²) in [6.07, 6.45) is 0. The molecule has 2 aromatic rings. The Balaban J connectivity index is 2.24. The van der Waals surface area contributed by atoms with Gasteiger partial charge in [0.05, 0.1) is 18.8 Å². The monoisotopic (exact) mass is 263 g/mol. The van der Waals surface area contributed by atoms with Crippen LogP contribution in [0.2, 0.25) is 0 Å². The molecule has 0 bridgehead atoms. The molecular formula is C12H17N5O2. The van der Waals surface area contributed by atoms with E-state index in [0.717, 1.165) is 17.0 Å². The van der Waals surface area contributed by atoms with E-state index in [4.69, 9.17) is 15.0 Å². The molecule has 0 saturated heterocycles. The molecule has 7 heteroatoms. The molecule has 1 atom stereocenters. The number of methoxy groups -OCH3 is 1. The Morgan fingerprint density at radius 2 is 2.11 bits per heavy atom. The van der Waals surface area contributed by atoms with E-state index in [-0.39, 0.29) is 12.0 Å². The molecule has 0 fully saturated rings. The van der Waals surface area contributed by atoms with Gasteiger partial charge in [-0.1, -0.05) is 5.16 Å². The lowest BCUT2D eigenvalue weighted by Gasteiger charge is -2.15. The number of ether oxygens (including phenoxy) is 1. The van der Waals surface area contributed by atoms with E-state index in [2.05, 4.69) is 20.4 Å². The number of aromatic nitrogens is 3. The molecule has 0 aromatic carbocycles. The van der Waals surface area contributed by atoms with E-state index >= 15 is 0 Å². The number of rotatable bonds is 4. The van der Waals surface area contributed by atoms with Gasteiger partial charge in [0.15, 0.2) is 0 Å². The molecule has 0 saturated carbocycles. The summed E-state index contributed by atoms with van der Waals surface area (Å²) >= 11 is 0. The number of nitrogens with zero attached hydrogens (tertiary/aromatic N) is 3. The highest BCUT2D eigenvalue weighted by Crippen LogP contribution is 2.25. The first-order chi connectivity index (χ1) is 9.01. The maximum absolute atomic E-state index is 5.62. The fraction of sp³-hybridized carbons (Fsp3) is 0.417. The molecule has 0 aliphatic rings. The number of nitrogen functional groups attached to an aromatic ring is 1. The molecule has 2 aromatic heterocycles. The van der Waals surface area contributed by atoms with E-state index in [9.17, 15) is 0 Å². The normalized spacial score (nSPS) is 12.2. The lowest BCUT2D eigenvalue weighted by molar-refractivity contribution is 0.392. The summed E-state index contributed by atoms with van der Waals surface area (Å²) in [4.78, 5) is 8.05. The third kappa shape index (κ3) is 2.75. The summed E-state index contributed by atoms with van der Waals surface area (Å²) < 4.78 is 10.2. The van der Waals surface area contributed by atoms with Crippen molar-refractivity contribution in [1.29, 1.82) is 0 Å². The van der Waals surface area contributed by atoms with Crippen LogP contribution in [0, 0.1) is 13.8 Å². The molecule has 0 amide bonds. The fourth-order valence-electron chi connectivity index (χ4n) is 2.02. The second-order valence-corrected chi connectivity index (χ2v) is 4.26. The van der Waals surface area contributed by atoms with Gasteiger partial charge in [0.1, 0.15) is 11.6 Å². The minimum atomic E-state index is -0.00902. The first kappa shape index (κ1) is 13.1. The number of aryl methyl sites for hydroxylation is 2. The maximum Gasteiger partial charge on any atom is 0.225 e. The zero-order chi connectivity index (χ0) is 14.0. The number of nitrogens with one attached hydrogen (secondary N) is 1. The maximum atomic E-state index is 5.62. The molecule has 2 heterocycles. The Bertz CT molecular complexity index is 562. The van der Waals surface area contributed by atoms with E-state index < -0.39 is 0 Å². The van der Waals surface area contributed by atoms with Gasteiger partial charge >= 0.3 is 0 Å². The molecular weight excluding hydrogens is 246 g/mol. The van der Waals surface area contributed by atoms with Crippen molar-refractivity contribution in [1.82, 2.24) is 15.1 Å². The minimum Gasteiger partial charge on any atom is -0.481 e. The smallest absolute Gasteiger partial charge is 0.225 e. The molecule has 0 radical (unpaired) electrons. The van der Waals surface area contributed by atoms with E-state index in [0.29, 0.717) is 11.7 Å². The van der Waals surface area contributed by atoms with Crippen LogP contribution >= 0.6 is 0 Å². The largest absolute Gasteiger partial charge is 0.481 e. The lowest BCUT2D eigenvalue weighted by atomic mass is 10.1. The summed E-state index contributed by atoms with van der Waals surface area (Å²) in [5.41, 5.74) is 7.48. The topological polar surface area (TPSA) is 99.1 Å². The SMILES string of the molecule is COc1cc(NC(C)c2c(C)noc2C)nc(N)n1. The summed E-state index contributed by atoms with van der Waals surface area (Å²) in [5, 5.41) is 7.16. The first-order valence-electron chi connectivity index (χ1n) is 5.89. The van der Waals surface area contributed by atoms with E-state index in [1.807, 2.05) is 20.8 Å². The Morgan fingerprint density at radius 3 is 2.68 bits per heavy atom. The Labute approximate surface area is 111 Å². The second kappa shape index (κ2) is 5.13. The number of anilines is 2. The summed E-state index contributed by atoms with van der Waals surface area (Å²) in [5.74, 6) is 1.96. The Kier molecular flexibility index (Phi) is 3.55. The van der Waals surface area contributed by atoms with Gasteiger partial charge in [-0.3, -0.25) is 0 Å². The average Bonchev–Trinajstić information content (AvgIpc) is 2.68. The number of hydrogen-bond donors (Lipinski definition) is 2. The van der Waals surface area contributed by atoms with Gasteiger partial charge in [0, 0.05) is 11.6 Å². The number of nitrogens with two attached hydrogens (primary N) is 1. The van der Waals surface area contributed by atoms with Crippen molar-refractivity contribution < 1.29 is 9.26 Å². The van der Waals surface area contributed by atoms with Crippen molar-refractivity contribution in [3.63, 3.8) is 0 Å². The van der Waals surface area contributed by atoms with Gasteiger partial charge in [0.25, 0.3) is 0 Å². The van der Waals surface area contributed by atoms with Crippen LogP contribution in [-0.4, -0.2) is 22.2 Å². The van der Waals surface area contributed by atoms with Crippen molar-refractivity contribution >= 4 is 11.8 Å². The quantitative estimate of drug-likeness (QED) is 0.868. The summed E-state index contributed by atoms with van der Waals surface area (Å²) in [7, 11) is 1.53. The Hall–Kier alpha value is -2.31. The van der Waals surface area contributed by atoms with Crippen molar-refractivity contribution in [2.45, 2.75) is 26.8 Å². The molecule has 1 unspecified atom stereocenters. The van der Waals surface area contributed by atoms with Gasteiger partial charge in [-0.05, 0) is 20.8 Å². The van der Waals surface area contributed by atoms with Gasteiger partial charge in [0.2, 0.25) is 11.8 Å². The van der Waals surface area contributed by atoms with Crippen LogP contribution in [0.4, 0.5) is 11.8 Å². The average molecular weight is 263 g/mol. The van der Waals surface area contributed by atoms with Gasteiger partial charge in [-0.15, -0.1) is 0 Å². The van der Waals surface area contributed by atoms with E-state index in [1.165, 1.54) is 7.11 Å². The molecule has 2 rings (SSSR count). The van der Waals surface area contributed by atoms with Gasteiger partial charge in [-0.25, -0.2) is 0 Å². The third-order valence-electron chi connectivity index (χ3n) is 2.82. The highest BCUT2D eigenvalue weighted by Gasteiger charge is 2.17. The third-order valence-corrected chi connectivity index (χ3v) is 2.82. The molecule has 0 aliphatic carbocycles. The van der Waals surface area contributed by atoms with Crippen LogP contribution in [-0.2, 0) is 0 Å². The molecule has 102 valence electrons. The fourth-order valence-corrected chi connectivity index (χ4v) is 2.02. The zero-order valence-corrected chi connectivity index (χ0v) is 11.4. The molecule has 7 nitrogen and oxygen atoms in total. The zero-order valence-electron chi connectivity index (χ0n) is 11.4. The first-order valence-corrected chi connectivity index (χ1v) is 5.89. The highest BCUT2D eigenvalue weighted by atomic mass is 16.5. The van der Waals surface area contributed by atoms with Crippen molar-refractivity contribution in [2.24, 2.45) is 0 Å². The summed E-state index contributed by atoms with van der Waals surface area (Å²) in [6.45, 7) is 5.78. The minimum absolute atomic E-state index is 0.00902. The van der Waals surface area contributed by atoms with Gasteiger partial charge in [-0.2, -0.15) is 9.97 Å². The van der Waals surface area contributed by atoms with Crippen LogP contribution in [0.25, 0.3) is 0 Å². The Morgan fingerprint density at radius 1 is 1.37 bits per heavy atom. The van der Waals surface area contributed by atoms with Crippen LogP contribution in [0.1, 0.15) is 30.0 Å². The number of hydrogen-bond acceptors (Lipinski definition) is 7. The molecule has 3 N–H and O–H groups in total. The van der Waals surface area contributed by atoms with Gasteiger partial charge < -0.3 is 20.3 Å². The summed E-state index contributed by atoms with van der Waals surface area (Å²) in [6, 6.07) is 1.68. The van der Waals surface area contributed by atoms with Crippen LogP contribution in [0.15, 0.2) is 10.6 Å². The predicted molar refractivity (Wildman–Crippen MR) is 71.0 cm³/mol. The molecule has 0 aliphatic heterocycles. The molecule has 0 spiro atoms. The second-order valence-electron chi connectivity index (χ2n) is 4.26. The highest BCUT2D eigenvalue weighted by molar-refractivity contribution is 5.45. The van der Waals surface area contributed by atoms with Crippen molar-refractivity contribution in [3.05, 3.63) is 23.1 Å². The standard InChI is InChI=1S/C12H17N5O2/c1-6(11-7(2)17-19-8(11)3)14-9-5-10(18-4)16-12(13)15-9/h5-6H,1-4H3,(H3,13,14,15,16). The van der Waals surface area contributed by atoms with Crippen LogP contribution in [0.5, 0.6) is 5.88 Å². The van der Waals surface area contributed by atoms with Crippen LogP contribution in [0.3, 0.4) is 0 Å². The molecule has 19 heavy (non-hydrogen) atoms.